The van der Waals surface area contributed by atoms with E-state index in [1.165, 1.54) is 0 Å². The molecule has 0 unspecified atom stereocenters. The molecule has 0 spiro atoms. The van der Waals surface area contributed by atoms with E-state index in [9.17, 15) is 9.90 Å². The van der Waals surface area contributed by atoms with Crippen molar-refractivity contribution in [1.82, 2.24) is 9.88 Å². The normalized spacial score (nSPS) is 10.8. The van der Waals surface area contributed by atoms with E-state index in [1.807, 2.05) is 59.2 Å². The molecule has 0 atom stereocenters. The molecular formula is C25H22N4O2S2. The van der Waals surface area contributed by atoms with Crippen LogP contribution in [-0.2, 0) is 13.1 Å². The molecule has 4 rings (SSSR count). The van der Waals surface area contributed by atoms with Crippen molar-refractivity contribution in [1.29, 1.82) is 0 Å². The topological polar surface area (TPSA) is 106 Å². The average molecular weight is 475 g/mol. The molecule has 1 amide bonds. The number of thiocarbonyl (C=S) groups is 2. The third-order valence-electron chi connectivity index (χ3n) is 5.37. The molecule has 33 heavy (non-hydrogen) atoms. The number of phenols is 1. The fraction of sp³-hybridized carbons (Fsp3) is 0.0800. The number of aromatic nitrogens is 1. The van der Waals surface area contributed by atoms with Gasteiger partial charge < -0.3 is 26.5 Å². The minimum absolute atomic E-state index is 0.112. The van der Waals surface area contributed by atoms with Crippen LogP contribution >= 0.6 is 24.4 Å². The van der Waals surface area contributed by atoms with E-state index in [-0.39, 0.29) is 11.7 Å². The number of carbonyl (C=O) groups is 1. The largest absolute Gasteiger partial charge is 0.507 e. The van der Waals surface area contributed by atoms with E-state index in [4.69, 9.17) is 35.9 Å². The van der Waals surface area contributed by atoms with Crippen molar-refractivity contribution in [2.24, 2.45) is 11.5 Å². The number of rotatable bonds is 7. The second kappa shape index (κ2) is 9.40. The lowest BCUT2D eigenvalue weighted by atomic mass is 10.1. The van der Waals surface area contributed by atoms with Crippen LogP contribution in [0.4, 0.5) is 0 Å². The Morgan fingerprint density at radius 1 is 0.879 bits per heavy atom. The van der Waals surface area contributed by atoms with Gasteiger partial charge in [-0.1, -0.05) is 66.9 Å². The number of nitrogens with zero attached hydrogens (tertiary/aromatic N) is 1. The molecule has 6 N–H and O–H groups in total. The molecule has 0 bridgehead atoms. The molecule has 0 aliphatic rings. The summed E-state index contributed by atoms with van der Waals surface area (Å²) in [7, 11) is 0. The van der Waals surface area contributed by atoms with Crippen LogP contribution in [0.25, 0.3) is 10.9 Å². The van der Waals surface area contributed by atoms with Gasteiger partial charge in [0.05, 0.1) is 5.52 Å². The number of nitrogens with two attached hydrogens (primary N) is 2. The number of nitrogens with one attached hydrogen (secondary N) is 1. The maximum atomic E-state index is 13.2. The second-order valence-corrected chi connectivity index (χ2v) is 8.52. The minimum atomic E-state index is -0.267. The zero-order chi connectivity index (χ0) is 23.5. The van der Waals surface area contributed by atoms with E-state index >= 15 is 0 Å². The number of amides is 1. The summed E-state index contributed by atoms with van der Waals surface area (Å²) >= 11 is 10.1. The number of hydrogen-bond donors (Lipinski definition) is 4. The van der Waals surface area contributed by atoms with Crippen LogP contribution in [-0.4, -0.2) is 25.6 Å². The molecule has 0 aliphatic carbocycles. The first kappa shape index (κ1) is 22.4. The van der Waals surface area contributed by atoms with Crippen molar-refractivity contribution < 1.29 is 9.90 Å². The first-order valence-electron chi connectivity index (χ1n) is 10.2. The number of aromatic hydroxyl groups is 1. The molecule has 0 radical (unpaired) electrons. The Morgan fingerprint density at radius 2 is 1.48 bits per heavy atom. The quantitative estimate of drug-likeness (QED) is 0.305. The second-order valence-electron chi connectivity index (χ2n) is 7.64. The summed E-state index contributed by atoms with van der Waals surface area (Å²) in [4.78, 5) is 13.8. The maximum absolute atomic E-state index is 13.2. The molecule has 0 fully saturated rings. The molecule has 0 aliphatic heterocycles. The standard InChI is InChI=1S/C25H22N4O2S2/c26-23(32)17-6-1-4-15(10-17)13-28-25(31)21-12-19-20(8-3-9-22(19)30)29(21)14-16-5-2-7-18(11-16)24(27)33/h1-12,30H,13-14H2,(H2,26,32)(H2,27,33)(H,28,31). The van der Waals surface area contributed by atoms with Crippen molar-refractivity contribution in [3.05, 3.63) is 101 Å². The van der Waals surface area contributed by atoms with Gasteiger partial charge in [0.25, 0.3) is 5.91 Å². The summed E-state index contributed by atoms with van der Waals surface area (Å²) in [6, 6.07) is 21.9. The number of fused-ring (bicyclic) bond motifs is 1. The number of phenolic OH excluding ortho intramolecular Hbond substituents is 1. The van der Waals surface area contributed by atoms with Crippen molar-refractivity contribution in [2.45, 2.75) is 13.1 Å². The van der Waals surface area contributed by atoms with Crippen molar-refractivity contribution in [2.75, 3.05) is 0 Å². The molecule has 1 heterocycles. The highest BCUT2D eigenvalue weighted by Crippen LogP contribution is 2.29. The van der Waals surface area contributed by atoms with Gasteiger partial charge in [0.1, 0.15) is 21.4 Å². The molecule has 6 nitrogen and oxygen atoms in total. The highest BCUT2D eigenvalue weighted by molar-refractivity contribution is 7.80. The van der Waals surface area contributed by atoms with Crippen molar-refractivity contribution in [3.8, 4) is 5.75 Å². The molecule has 8 heteroatoms. The average Bonchev–Trinajstić information content (AvgIpc) is 3.17. The maximum Gasteiger partial charge on any atom is 0.268 e. The van der Waals surface area contributed by atoms with Gasteiger partial charge >= 0.3 is 0 Å². The molecule has 1 aromatic heterocycles. The summed E-state index contributed by atoms with van der Waals surface area (Å²) in [6.45, 7) is 0.711. The van der Waals surface area contributed by atoms with Gasteiger partial charge in [-0.05, 0) is 41.5 Å². The van der Waals surface area contributed by atoms with Gasteiger partial charge in [0.2, 0.25) is 0 Å². The predicted octanol–water partition coefficient (Wildman–Crippen LogP) is 3.59. The summed E-state index contributed by atoms with van der Waals surface area (Å²) in [5.41, 5.74) is 16.0. The third-order valence-corrected chi connectivity index (χ3v) is 5.84. The Balaban J connectivity index is 1.67. The van der Waals surface area contributed by atoms with E-state index < -0.39 is 0 Å². The Hall–Kier alpha value is -3.75. The van der Waals surface area contributed by atoms with Gasteiger partial charge in [-0.15, -0.1) is 0 Å². The van der Waals surface area contributed by atoms with Crippen LogP contribution in [0.1, 0.15) is 32.7 Å². The fourth-order valence-corrected chi connectivity index (χ4v) is 3.99. The first-order valence-corrected chi connectivity index (χ1v) is 11.0. The van der Waals surface area contributed by atoms with E-state index in [1.54, 1.807) is 18.2 Å². The van der Waals surface area contributed by atoms with Crippen LogP contribution in [0.3, 0.4) is 0 Å². The summed E-state index contributed by atoms with van der Waals surface area (Å²) in [5.74, 6) is -0.154. The minimum Gasteiger partial charge on any atom is -0.507 e. The van der Waals surface area contributed by atoms with E-state index in [0.29, 0.717) is 34.1 Å². The number of carbonyl (C=O) groups excluding carboxylic acids is 1. The molecule has 166 valence electrons. The predicted molar refractivity (Wildman–Crippen MR) is 139 cm³/mol. The molecule has 0 saturated carbocycles. The SMILES string of the molecule is NC(=S)c1cccc(CNC(=O)c2cc3c(O)cccc3n2Cc2cccc(C(N)=S)c2)c1. The smallest absolute Gasteiger partial charge is 0.268 e. The molecule has 0 saturated heterocycles. The molecular weight excluding hydrogens is 452 g/mol. The lowest BCUT2D eigenvalue weighted by Crippen LogP contribution is -2.26. The van der Waals surface area contributed by atoms with E-state index in [0.717, 1.165) is 27.8 Å². The zero-order valence-electron chi connectivity index (χ0n) is 17.6. The number of hydrogen-bond acceptors (Lipinski definition) is 4. The third kappa shape index (κ3) is 4.87. The Morgan fingerprint density at radius 3 is 2.15 bits per heavy atom. The lowest BCUT2D eigenvalue weighted by molar-refractivity contribution is 0.0942. The van der Waals surface area contributed by atoms with Crippen LogP contribution < -0.4 is 16.8 Å². The Labute approximate surface area is 201 Å². The van der Waals surface area contributed by atoms with Crippen molar-refractivity contribution >= 4 is 51.2 Å². The fourth-order valence-electron chi connectivity index (χ4n) is 3.74. The van der Waals surface area contributed by atoms with Crippen LogP contribution in [0.15, 0.2) is 72.8 Å². The highest BCUT2D eigenvalue weighted by Gasteiger charge is 2.18. The van der Waals surface area contributed by atoms with Gasteiger partial charge in [-0.25, -0.2) is 0 Å². The van der Waals surface area contributed by atoms with Crippen LogP contribution in [0.2, 0.25) is 0 Å². The van der Waals surface area contributed by atoms with E-state index in [2.05, 4.69) is 5.32 Å². The summed E-state index contributed by atoms with van der Waals surface area (Å²) < 4.78 is 1.87. The highest BCUT2D eigenvalue weighted by atomic mass is 32.1. The number of benzene rings is 3. The monoisotopic (exact) mass is 474 g/mol. The van der Waals surface area contributed by atoms with Gasteiger partial charge in [-0.3, -0.25) is 4.79 Å². The molecule has 3 aromatic carbocycles. The van der Waals surface area contributed by atoms with Gasteiger partial charge in [0.15, 0.2) is 0 Å². The lowest BCUT2D eigenvalue weighted by Gasteiger charge is -2.13. The van der Waals surface area contributed by atoms with Gasteiger partial charge in [0, 0.05) is 29.6 Å². The zero-order valence-corrected chi connectivity index (χ0v) is 19.2. The first-order chi connectivity index (χ1) is 15.8. The van der Waals surface area contributed by atoms with Crippen molar-refractivity contribution in [3.63, 3.8) is 0 Å². The Kier molecular flexibility index (Phi) is 6.39. The van der Waals surface area contributed by atoms with Gasteiger partial charge in [-0.2, -0.15) is 0 Å². The summed E-state index contributed by atoms with van der Waals surface area (Å²) in [5, 5.41) is 13.9. The van der Waals surface area contributed by atoms with Crippen LogP contribution in [0, 0.1) is 0 Å². The van der Waals surface area contributed by atoms with Crippen LogP contribution in [0.5, 0.6) is 5.75 Å². The summed E-state index contributed by atoms with van der Waals surface area (Å²) in [6.07, 6.45) is 0. The molecule has 4 aromatic rings. The Bertz CT molecular complexity index is 1390.